The summed E-state index contributed by atoms with van der Waals surface area (Å²) >= 11 is 6.70. The zero-order valence-electron chi connectivity index (χ0n) is 33.3. The second kappa shape index (κ2) is 16.5. The Balaban J connectivity index is 1.32. The lowest BCUT2D eigenvalue weighted by atomic mass is 9.85. The van der Waals surface area contributed by atoms with Gasteiger partial charge in [-0.15, -0.1) is 0 Å². The minimum Gasteiger partial charge on any atom is -0.504 e. The molecular formula is C43H44ClN3O13. The van der Waals surface area contributed by atoms with Gasteiger partial charge in [-0.25, -0.2) is 4.79 Å². The highest BCUT2D eigenvalue weighted by Crippen LogP contribution is 2.44. The number of likely N-dealkylation sites (N-methyl/N-ethyl adjacent to an activating group) is 1. The molecule has 1 aromatic carbocycles. The van der Waals surface area contributed by atoms with Gasteiger partial charge < -0.3 is 64.4 Å². The van der Waals surface area contributed by atoms with Gasteiger partial charge in [0.2, 0.25) is 0 Å². The van der Waals surface area contributed by atoms with Gasteiger partial charge in [-0.3, -0.25) is 9.59 Å². The molecule has 4 bridgehead atoms. The van der Waals surface area contributed by atoms with E-state index in [1.165, 1.54) is 31.4 Å². The lowest BCUT2D eigenvalue weighted by molar-refractivity contribution is -0.329. The van der Waals surface area contributed by atoms with Crippen LogP contribution < -0.4 is 15.8 Å². The number of esters is 2. The van der Waals surface area contributed by atoms with Crippen molar-refractivity contribution in [1.29, 1.82) is 0 Å². The molecule has 7 aliphatic rings. The molecule has 1 amide bonds. The number of hydrogen-bond donors (Lipinski definition) is 5. The molecule has 4 heterocycles. The number of amides is 1. The molecule has 16 nitrogen and oxygen atoms in total. The highest BCUT2D eigenvalue weighted by Gasteiger charge is 2.55. The quantitative estimate of drug-likeness (QED) is 0.156. The minimum absolute atomic E-state index is 0.0423. The van der Waals surface area contributed by atoms with Crippen LogP contribution in [-0.2, 0) is 42.8 Å². The van der Waals surface area contributed by atoms with E-state index in [-0.39, 0.29) is 51.0 Å². The van der Waals surface area contributed by atoms with Gasteiger partial charge >= 0.3 is 11.9 Å². The van der Waals surface area contributed by atoms with Crippen molar-refractivity contribution in [3.63, 3.8) is 0 Å². The number of nitrogens with zero attached hydrogens (tertiary/aromatic N) is 1. The number of rotatable bonds is 6. The number of aliphatic hydroxyl groups is 2. The van der Waals surface area contributed by atoms with E-state index in [2.05, 4.69) is 35.6 Å². The van der Waals surface area contributed by atoms with E-state index in [0.29, 0.717) is 0 Å². The second-order valence-corrected chi connectivity index (χ2v) is 15.9. The summed E-state index contributed by atoms with van der Waals surface area (Å²) in [6.07, 6.45) is 0.719. The molecule has 10 atom stereocenters. The number of aliphatic hydroxyl groups excluding tert-OH is 2. The van der Waals surface area contributed by atoms with Crippen molar-refractivity contribution in [1.82, 2.24) is 10.2 Å². The van der Waals surface area contributed by atoms with E-state index >= 15 is 0 Å². The van der Waals surface area contributed by atoms with Crippen molar-refractivity contribution in [2.75, 3.05) is 27.8 Å². The number of nitrogens with one attached hydrogen (secondary N) is 1. The Morgan fingerprint density at radius 3 is 2.63 bits per heavy atom. The molecule has 2 saturated heterocycles. The van der Waals surface area contributed by atoms with E-state index in [1.54, 1.807) is 57.1 Å². The molecule has 8 rings (SSSR count). The molecule has 0 radical (unpaired) electrons. The van der Waals surface area contributed by atoms with E-state index in [4.69, 9.17) is 50.5 Å². The summed E-state index contributed by atoms with van der Waals surface area (Å²) in [5.41, 5.74) is 4.04. The molecule has 17 heteroatoms. The predicted molar refractivity (Wildman–Crippen MR) is 212 cm³/mol. The number of allylic oxidation sites excluding steroid dienone is 4. The number of morpholine rings is 1. The van der Waals surface area contributed by atoms with Gasteiger partial charge in [-0.2, -0.15) is 0 Å². The molecule has 2 fully saturated rings. The predicted octanol–water partition coefficient (Wildman–Crippen LogP) is 1.50. The van der Waals surface area contributed by atoms with Crippen LogP contribution in [0.1, 0.15) is 31.9 Å². The third-order valence-electron chi connectivity index (χ3n) is 10.8. The van der Waals surface area contributed by atoms with Crippen molar-refractivity contribution in [2.45, 2.75) is 86.4 Å². The first-order valence-electron chi connectivity index (χ1n) is 18.9. The van der Waals surface area contributed by atoms with Gasteiger partial charge in [0.05, 0.1) is 41.3 Å². The summed E-state index contributed by atoms with van der Waals surface area (Å²) in [5, 5.41) is 36.7. The lowest BCUT2D eigenvalue weighted by Crippen LogP contribution is -2.68. The maximum absolute atomic E-state index is 14.1. The monoisotopic (exact) mass is 845 g/mol. The van der Waals surface area contributed by atoms with Crippen LogP contribution in [0, 0.1) is 23.7 Å². The standard InChI is InChI=1S/C43H44ClN3O13/c1-21-39(52)46-34-26(17-25(54-6)18-30(34)56-21)40(53)57-31-20-55-33(49)19-28(45)23-15-27(44)37(29(48)16-23)58-32-11-7-9-22(31)12-13-24-10-8-14-43(24,32)60-41-36(51)35(50)38(47(4)5)42(2,3)59-41/h8-10,14-18,28,30-32,34-36,38,41,48,50-51H,1,19-20,45H2,2-6H3,(H,46,52)/t28-,30?,31-,32-,34?,35?,36?,38?,41?,43-/m1/s1. The number of methoxy groups -OCH3 is 1. The summed E-state index contributed by atoms with van der Waals surface area (Å²) in [6.45, 7) is 6.56. The molecule has 3 aliphatic carbocycles. The van der Waals surface area contributed by atoms with Crippen molar-refractivity contribution >= 4 is 29.4 Å². The third kappa shape index (κ3) is 8.03. The summed E-state index contributed by atoms with van der Waals surface area (Å²) in [6, 6.07) is 0.0751. The number of phenols is 1. The topological polar surface area (TPSA) is 218 Å². The zero-order valence-corrected chi connectivity index (χ0v) is 34.0. The maximum atomic E-state index is 14.1. The Kier molecular flexibility index (Phi) is 11.7. The van der Waals surface area contributed by atoms with E-state index in [1.807, 2.05) is 0 Å². The van der Waals surface area contributed by atoms with Crippen LogP contribution in [0.2, 0.25) is 5.02 Å². The minimum atomic E-state index is -1.79. The molecular weight excluding hydrogens is 802 g/mol. The second-order valence-electron chi connectivity index (χ2n) is 15.5. The van der Waals surface area contributed by atoms with Gasteiger partial charge in [-0.1, -0.05) is 42.0 Å². The fraction of sp³-hybridized carbons (Fsp3) is 0.419. The molecule has 6 unspecified atom stereocenters. The Hall–Kier alpha value is -5.56. The number of carbonyl (C=O) groups is 3. The lowest BCUT2D eigenvalue weighted by Gasteiger charge is -2.51. The molecule has 0 saturated carbocycles. The highest BCUT2D eigenvalue weighted by atomic mass is 35.5. The number of hydrogen-bond acceptors (Lipinski definition) is 15. The first-order valence-corrected chi connectivity index (χ1v) is 19.3. The average molecular weight is 846 g/mol. The molecule has 6 N–H and O–H groups in total. The molecule has 60 heavy (non-hydrogen) atoms. The smallest absolute Gasteiger partial charge is 0.337 e. The largest absolute Gasteiger partial charge is 0.504 e. The van der Waals surface area contributed by atoms with E-state index < -0.39 is 96.3 Å². The highest BCUT2D eigenvalue weighted by molar-refractivity contribution is 6.32. The first-order chi connectivity index (χ1) is 28.4. The Morgan fingerprint density at radius 2 is 1.92 bits per heavy atom. The van der Waals surface area contributed by atoms with Gasteiger partial charge in [0.25, 0.3) is 5.91 Å². The van der Waals surface area contributed by atoms with Crippen LogP contribution in [0.15, 0.2) is 83.4 Å². The Labute approximate surface area is 350 Å². The van der Waals surface area contributed by atoms with Crippen LogP contribution in [0.5, 0.6) is 11.5 Å². The molecule has 316 valence electrons. The van der Waals surface area contributed by atoms with E-state index in [0.717, 1.165) is 0 Å². The van der Waals surface area contributed by atoms with Crippen LogP contribution in [0.25, 0.3) is 0 Å². The number of nitrogens with two attached hydrogens (primary N) is 1. The van der Waals surface area contributed by atoms with Crippen molar-refractivity contribution in [3.8, 4) is 35.2 Å². The number of benzene rings is 1. The SMILES string of the molecule is C=C1OC2C=C(OC)C=C(C(=O)O[C@@H]3COC(=O)C[C@@H](N)c4cc(O)c(c(Cl)c4)O[C@@H]4C#CC=C3C#CC3=CC=C[C@@]34OC3OC(C)(C)C(N(C)C)C(O)C3O)C2NC1=O. The summed E-state index contributed by atoms with van der Waals surface area (Å²) < 4.78 is 42.2. The average Bonchev–Trinajstić information content (AvgIpc) is 3.60. The number of carbonyl (C=O) groups excluding carboxylic acids is 3. The van der Waals surface area contributed by atoms with Crippen LogP contribution in [0.3, 0.4) is 0 Å². The van der Waals surface area contributed by atoms with Crippen LogP contribution in [-0.4, -0.2) is 126 Å². The van der Waals surface area contributed by atoms with Crippen molar-refractivity contribution in [3.05, 3.63) is 94.0 Å². The van der Waals surface area contributed by atoms with Gasteiger partial charge in [0.1, 0.15) is 36.7 Å². The molecule has 1 aromatic rings. The number of phenolic OH excluding ortho intramolecular Hbond substituents is 1. The van der Waals surface area contributed by atoms with Gasteiger partial charge in [0.15, 0.2) is 41.4 Å². The zero-order chi connectivity index (χ0) is 43.3. The van der Waals surface area contributed by atoms with E-state index in [9.17, 15) is 29.7 Å². The fourth-order valence-electron chi connectivity index (χ4n) is 7.92. The van der Waals surface area contributed by atoms with Crippen LogP contribution >= 0.6 is 11.6 Å². The number of aromatic hydroxyl groups is 1. The van der Waals surface area contributed by atoms with Crippen LogP contribution in [0.4, 0.5) is 0 Å². The molecule has 0 aromatic heterocycles. The fourth-order valence-corrected chi connectivity index (χ4v) is 8.18. The molecule has 4 aliphatic heterocycles. The van der Waals surface area contributed by atoms with Crippen molar-refractivity contribution in [2.24, 2.45) is 5.73 Å². The van der Waals surface area contributed by atoms with Gasteiger partial charge in [-0.05, 0) is 69.8 Å². The number of ether oxygens (including phenoxy) is 7. The normalized spacial score (nSPS) is 32.9. The first kappa shape index (κ1) is 42.6. The Bertz CT molecular complexity index is 2270. The number of fused-ring (bicyclic) bond motifs is 9. The van der Waals surface area contributed by atoms with Crippen molar-refractivity contribution < 1.29 is 62.9 Å². The summed E-state index contributed by atoms with van der Waals surface area (Å²) in [5.74, 6) is 9.05. The maximum Gasteiger partial charge on any atom is 0.337 e. The number of halogens is 1. The summed E-state index contributed by atoms with van der Waals surface area (Å²) in [4.78, 5) is 41.7. The Morgan fingerprint density at radius 1 is 1.15 bits per heavy atom. The summed E-state index contributed by atoms with van der Waals surface area (Å²) in [7, 11) is 4.90. The van der Waals surface area contributed by atoms with Gasteiger partial charge in [0, 0.05) is 23.8 Å². The third-order valence-corrected chi connectivity index (χ3v) is 11.1. The molecule has 0 spiro atoms.